The van der Waals surface area contributed by atoms with Crippen LogP contribution in [0.2, 0.25) is 0 Å². The van der Waals surface area contributed by atoms with Crippen LogP contribution in [0, 0.1) is 0 Å². The molecule has 2 aromatic rings. The maximum absolute atomic E-state index is 12.5. The average molecular weight is 417 g/mol. The topological polar surface area (TPSA) is 91.6 Å². The van der Waals surface area contributed by atoms with Crippen molar-refractivity contribution in [3.05, 3.63) is 53.5 Å². The fourth-order valence-corrected chi connectivity index (χ4v) is 3.06. The van der Waals surface area contributed by atoms with Crippen molar-refractivity contribution < 1.29 is 28.3 Å². The van der Waals surface area contributed by atoms with Gasteiger partial charge < -0.3 is 28.9 Å². The summed E-state index contributed by atoms with van der Waals surface area (Å²) in [7, 11) is 5.76. The molecule has 1 aromatic heterocycles. The molecule has 1 heterocycles. The van der Waals surface area contributed by atoms with Crippen molar-refractivity contribution in [1.82, 2.24) is 5.32 Å². The van der Waals surface area contributed by atoms with Crippen molar-refractivity contribution in [1.29, 1.82) is 0 Å². The molecule has 0 aliphatic rings. The van der Waals surface area contributed by atoms with Crippen LogP contribution in [0.3, 0.4) is 0 Å². The molecule has 7 nitrogen and oxygen atoms in total. The van der Waals surface area contributed by atoms with Gasteiger partial charge in [-0.2, -0.15) is 0 Å². The standard InChI is InChI=1S/C23H32N2O5/c1-23(2,3)16-7-9-18(10-8-16)29-15-19-11-12-20(30-19)22(28)24-17(13-21(26)27)14-25(4,5)6/h7-12,17H,13-15H2,1-6H3,(H-,24,26,27,28). The highest BCUT2D eigenvalue weighted by Gasteiger charge is 2.22. The monoisotopic (exact) mass is 416 g/mol. The number of benzene rings is 1. The van der Waals surface area contributed by atoms with Gasteiger partial charge >= 0.3 is 0 Å². The van der Waals surface area contributed by atoms with Crippen LogP contribution in [0.25, 0.3) is 0 Å². The Hall–Kier alpha value is -2.80. The van der Waals surface area contributed by atoms with Gasteiger partial charge in [0.05, 0.1) is 33.7 Å². The van der Waals surface area contributed by atoms with Crippen LogP contribution in [0.4, 0.5) is 0 Å². The normalized spacial score (nSPS) is 13.0. The highest BCUT2D eigenvalue weighted by molar-refractivity contribution is 5.91. The summed E-state index contributed by atoms with van der Waals surface area (Å²) in [5, 5.41) is 13.7. The number of carbonyl (C=O) groups is 2. The zero-order chi connectivity index (χ0) is 22.5. The number of nitrogens with zero attached hydrogens (tertiary/aromatic N) is 1. The highest BCUT2D eigenvalue weighted by Crippen LogP contribution is 2.24. The molecule has 0 aliphatic heterocycles. The van der Waals surface area contributed by atoms with Crippen LogP contribution in [-0.2, 0) is 16.8 Å². The number of carboxylic acids is 1. The molecule has 0 fully saturated rings. The molecule has 1 amide bonds. The zero-order valence-corrected chi connectivity index (χ0v) is 18.7. The SMILES string of the molecule is CC(C)(C)c1ccc(OCc2ccc(C(=O)NC(CC(=O)[O-])C[N+](C)(C)C)o2)cc1. The summed E-state index contributed by atoms with van der Waals surface area (Å²) in [6.45, 7) is 7.08. The lowest BCUT2D eigenvalue weighted by molar-refractivity contribution is -0.871. The molecule has 1 unspecified atom stereocenters. The Labute approximate surface area is 178 Å². The number of carboxylic acid groups (broad SMARTS) is 1. The molecule has 164 valence electrons. The fraction of sp³-hybridized carbons (Fsp3) is 0.478. The molecular formula is C23H32N2O5. The van der Waals surface area contributed by atoms with E-state index >= 15 is 0 Å². The van der Waals surface area contributed by atoms with Crippen molar-refractivity contribution in [2.75, 3.05) is 27.7 Å². The molecule has 1 aromatic carbocycles. The minimum absolute atomic E-state index is 0.0717. The van der Waals surface area contributed by atoms with Gasteiger partial charge in [-0.3, -0.25) is 4.79 Å². The second kappa shape index (κ2) is 9.34. The van der Waals surface area contributed by atoms with Gasteiger partial charge in [0.15, 0.2) is 5.76 Å². The maximum atomic E-state index is 12.5. The number of aliphatic carboxylic acids is 1. The number of amides is 1. The Balaban J connectivity index is 1.96. The molecule has 0 aliphatic carbocycles. The van der Waals surface area contributed by atoms with Gasteiger partial charge in [-0.05, 0) is 35.2 Å². The molecule has 1 atom stereocenters. The van der Waals surface area contributed by atoms with E-state index < -0.39 is 17.9 Å². The number of nitrogens with one attached hydrogen (secondary N) is 1. The summed E-state index contributed by atoms with van der Waals surface area (Å²) in [5.74, 6) is -0.345. The van der Waals surface area contributed by atoms with Crippen LogP contribution in [-0.4, -0.2) is 50.1 Å². The van der Waals surface area contributed by atoms with Crippen molar-refractivity contribution in [3.63, 3.8) is 0 Å². The Morgan fingerprint density at radius 3 is 2.27 bits per heavy atom. The zero-order valence-electron chi connectivity index (χ0n) is 18.7. The molecule has 30 heavy (non-hydrogen) atoms. The first-order valence-electron chi connectivity index (χ1n) is 9.97. The van der Waals surface area contributed by atoms with Crippen molar-refractivity contribution in [2.24, 2.45) is 0 Å². The summed E-state index contributed by atoms with van der Waals surface area (Å²) >= 11 is 0. The first-order chi connectivity index (χ1) is 13.8. The summed E-state index contributed by atoms with van der Waals surface area (Å²) < 4.78 is 11.8. The lowest BCUT2D eigenvalue weighted by Crippen LogP contribution is -2.50. The number of hydrogen-bond donors (Lipinski definition) is 1. The molecule has 1 N–H and O–H groups in total. The molecule has 0 bridgehead atoms. The van der Waals surface area contributed by atoms with Gasteiger partial charge in [0.1, 0.15) is 18.1 Å². The Morgan fingerprint density at radius 2 is 1.73 bits per heavy atom. The summed E-state index contributed by atoms with van der Waals surface area (Å²) in [4.78, 5) is 23.5. The van der Waals surface area contributed by atoms with E-state index in [0.29, 0.717) is 22.5 Å². The lowest BCUT2D eigenvalue weighted by atomic mass is 9.87. The van der Waals surface area contributed by atoms with Crippen molar-refractivity contribution in [2.45, 2.75) is 45.3 Å². The molecule has 0 radical (unpaired) electrons. The third-order valence-corrected chi connectivity index (χ3v) is 4.50. The number of likely N-dealkylation sites (N-methyl/N-ethyl adjacent to an activating group) is 1. The van der Waals surface area contributed by atoms with Crippen LogP contribution < -0.4 is 15.2 Å². The predicted molar refractivity (Wildman–Crippen MR) is 112 cm³/mol. The van der Waals surface area contributed by atoms with E-state index in [-0.39, 0.29) is 24.2 Å². The number of ether oxygens (including phenoxy) is 1. The van der Waals surface area contributed by atoms with Gasteiger partial charge in [-0.15, -0.1) is 0 Å². The quantitative estimate of drug-likeness (QED) is 0.632. The maximum Gasteiger partial charge on any atom is 0.287 e. The third kappa shape index (κ3) is 7.55. The minimum atomic E-state index is -1.21. The van der Waals surface area contributed by atoms with Gasteiger partial charge in [0, 0.05) is 12.4 Å². The highest BCUT2D eigenvalue weighted by atomic mass is 16.5. The van der Waals surface area contributed by atoms with Gasteiger partial charge in [0.25, 0.3) is 5.91 Å². The number of quaternary nitrogens is 1. The van der Waals surface area contributed by atoms with E-state index in [2.05, 4.69) is 26.1 Å². The smallest absolute Gasteiger partial charge is 0.287 e. The van der Waals surface area contributed by atoms with Crippen molar-refractivity contribution in [3.8, 4) is 5.75 Å². The Morgan fingerprint density at radius 1 is 1.10 bits per heavy atom. The molecule has 0 spiro atoms. The summed E-state index contributed by atoms with van der Waals surface area (Å²) in [6.07, 6.45) is -0.261. The van der Waals surface area contributed by atoms with E-state index in [1.807, 2.05) is 45.4 Å². The van der Waals surface area contributed by atoms with E-state index in [4.69, 9.17) is 9.15 Å². The minimum Gasteiger partial charge on any atom is -0.550 e. The predicted octanol–water partition coefficient (Wildman–Crippen LogP) is 2.10. The first kappa shape index (κ1) is 23.5. The number of furan rings is 1. The van der Waals surface area contributed by atoms with Gasteiger partial charge in [-0.25, -0.2) is 0 Å². The van der Waals surface area contributed by atoms with Crippen LogP contribution in [0.15, 0.2) is 40.8 Å². The fourth-order valence-electron chi connectivity index (χ4n) is 3.06. The van der Waals surface area contributed by atoms with Gasteiger partial charge in [0.2, 0.25) is 0 Å². The molecule has 7 heteroatoms. The summed E-state index contributed by atoms with van der Waals surface area (Å²) in [5.41, 5.74) is 1.29. The third-order valence-electron chi connectivity index (χ3n) is 4.50. The van der Waals surface area contributed by atoms with Crippen molar-refractivity contribution >= 4 is 11.9 Å². The second-order valence-corrected chi connectivity index (χ2v) is 9.55. The van der Waals surface area contributed by atoms with Gasteiger partial charge in [-0.1, -0.05) is 32.9 Å². The van der Waals surface area contributed by atoms with E-state index in [9.17, 15) is 14.7 Å². The molecular weight excluding hydrogens is 384 g/mol. The number of carbonyl (C=O) groups excluding carboxylic acids is 2. The molecule has 0 saturated carbocycles. The van der Waals surface area contributed by atoms with Crippen LogP contribution >= 0.6 is 0 Å². The first-order valence-corrected chi connectivity index (χ1v) is 9.97. The Bertz CT molecular complexity index is 857. The lowest BCUT2D eigenvalue weighted by Gasteiger charge is -2.29. The number of hydrogen-bond acceptors (Lipinski definition) is 5. The van der Waals surface area contributed by atoms with E-state index in [1.165, 1.54) is 5.56 Å². The molecule has 2 rings (SSSR count). The number of rotatable bonds is 9. The summed E-state index contributed by atoms with van der Waals surface area (Å²) in [6, 6.07) is 10.5. The second-order valence-electron chi connectivity index (χ2n) is 9.55. The average Bonchev–Trinajstić information content (AvgIpc) is 3.06. The van der Waals surface area contributed by atoms with Crippen LogP contribution in [0.1, 0.15) is 49.1 Å². The van der Waals surface area contributed by atoms with E-state index in [0.717, 1.165) is 0 Å². The largest absolute Gasteiger partial charge is 0.550 e. The van der Waals surface area contributed by atoms with Crippen LogP contribution in [0.5, 0.6) is 5.75 Å². The molecule has 0 saturated heterocycles. The van der Waals surface area contributed by atoms with E-state index in [1.54, 1.807) is 12.1 Å². The Kier molecular flexibility index (Phi) is 7.31.